The molecule has 0 aliphatic carbocycles. The predicted molar refractivity (Wildman–Crippen MR) is 135 cm³/mol. The molecule has 0 bridgehead atoms. The number of methoxy groups -OCH3 is 1. The van der Waals surface area contributed by atoms with E-state index in [0.29, 0.717) is 36.5 Å². The molecule has 166 valence electrons. The number of ether oxygens (including phenoxy) is 2. The number of nitrogens with one attached hydrogen (secondary N) is 2. The van der Waals surface area contributed by atoms with Crippen molar-refractivity contribution in [2.24, 2.45) is 4.99 Å². The number of hydrogen-bond donors (Lipinski definition) is 2. The van der Waals surface area contributed by atoms with Crippen LogP contribution in [0.15, 0.2) is 58.1 Å². The highest BCUT2D eigenvalue weighted by atomic mass is 127. The first-order valence-electron chi connectivity index (χ1n) is 10.0. The van der Waals surface area contributed by atoms with Crippen LogP contribution in [0, 0.1) is 6.92 Å². The molecule has 7 nitrogen and oxygen atoms in total. The molecule has 0 aliphatic rings. The molecule has 0 saturated heterocycles. The Labute approximate surface area is 200 Å². The highest BCUT2D eigenvalue weighted by molar-refractivity contribution is 14.0. The minimum absolute atomic E-state index is 0. The van der Waals surface area contributed by atoms with Gasteiger partial charge in [-0.05, 0) is 45.0 Å². The van der Waals surface area contributed by atoms with Gasteiger partial charge in [0.25, 0.3) is 0 Å². The zero-order chi connectivity index (χ0) is 21.3. The Bertz CT molecular complexity index is 987. The molecule has 0 spiro atoms. The van der Waals surface area contributed by atoms with Crippen LogP contribution in [0.4, 0.5) is 5.69 Å². The largest absolute Gasteiger partial charge is 0.493 e. The zero-order valence-corrected chi connectivity index (χ0v) is 20.6. The molecule has 0 unspecified atom stereocenters. The second kappa shape index (κ2) is 12.2. The van der Waals surface area contributed by atoms with Gasteiger partial charge in [0, 0.05) is 23.9 Å². The first-order chi connectivity index (χ1) is 14.6. The fourth-order valence-corrected chi connectivity index (χ4v) is 2.83. The summed E-state index contributed by atoms with van der Waals surface area (Å²) in [4.78, 5) is 9.16. The van der Waals surface area contributed by atoms with E-state index in [0.717, 1.165) is 23.5 Å². The van der Waals surface area contributed by atoms with E-state index < -0.39 is 0 Å². The predicted octanol–water partition coefficient (Wildman–Crippen LogP) is 5.25. The molecule has 0 amide bonds. The van der Waals surface area contributed by atoms with Gasteiger partial charge in [0.1, 0.15) is 12.0 Å². The summed E-state index contributed by atoms with van der Waals surface area (Å²) in [5.74, 6) is 2.61. The van der Waals surface area contributed by atoms with E-state index in [1.807, 2.05) is 56.3 Å². The minimum Gasteiger partial charge on any atom is -0.493 e. The molecule has 0 aliphatic heterocycles. The number of anilines is 1. The van der Waals surface area contributed by atoms with E-state index in [-0.39, 0.29) is 24.0 Å². The molecular formula is C23H29IN4O3. The molecule has 1 aromatic heterocycles. The van der Waals surface area contributed by atoms with Crippen molar-refractivity contribution in [2.45, 2.75) is 27.3 Å². The fourth-order valence-electron chi connectivity index (χ4n) is 2.83. The lowest BCUT2D eigenvalue weighted by Crippen LogP contribution is -2.30. The summed E-state index contributed by atoms with van der Waals surface area (Å²) in [5, 5.41) is 6.52. The molecule has 3 aromatic rings. The average Bonchev–Trinajstić information content (AvgIpc) is 3.23. The molecule has 0 radical (unpaired) electrons. The number of benzene rings is 2. The third-order valence-electron chi connectivity index (χ3n) is 4.32. The quantitative estimate of drug-likeness (QED) is 0.233. The molecule has 2 N–H and O–H groups in total. The lowest BCUT2D eigenvalue weighted by Gasteiger charge is -2.14. The summed E-state index contributed by atoms with van der Waals surface area (Å²) in [6, 6.07) is 13.7. The number of halogens is 1. The van der Waals surface area contributed by atoms with Gasteiger partial charge in [0.05, 0.1) is 20.3 Å². The van der Waals surface area contributed by atoms with Gasteiger partial charge in [-0.25, -0.2) is 9.98 Å². The highest BCUT2D eigenvalue weighted by Crippen LogP contribution is 2.30. The normalized spacial score (nSPS) is 10.9. The van der Waals surface area contributed by atoms with Gasteiger partial charge in [0.15, 0.2) is 17.5 Å². The smallest absolute Gasteiger partial charge is 0.226 e. The Hall–Kier alpha value is -2.75. The third kappa shape index (κ3) is 6.88. The van der Waals surface area contributed by atoms with E-state index in [9.17, 15) is 0 Å². The van der Waals surface area contributed by atoms with Gasteiger partial charge in [-0.2, -0.15) is 0 Å². The van der Waals surface area contributed by atoms with Crippen LogP contribution in [0.2, 0.25) is 0 Å². The first kappa shape index (κ1) is 24.5. The highest BCUT2D eigenvalue weighted by Gasteiger charge is 2.09. The van der Waals surface area contributed by atoms with Crippen molar-refractivity contribution in [3.05, 3.63) is 60.0 Å². The van der Waals surface area contributed by atoms with E-state index in [2.05, 4.69) is 27.5 Å². The van der Waals surface area contributed by atoms with Gasteiger partial charge in [-0.15, -0.1) is 24.0 Å². The number of aromatic nitrogens is 1. The number of rotatable bonds is 8. The topological polar surface area (TPSA) is 80.9 Å². The summed E-state index contributed by atoms with van der Waals surface area (Å²) in [5.41, 5.74) is 3.74. The fraction of sp³-hybridized carbons (Fsp3) is 0.304. The standard InChI is InChI=1S/C23H28N4O3.HI/c1-5-24-23(27-18-11-12-20(29-6-2)21(13-18)28-4)25-14-19-15-30-22(26-19)17-9-7-16(3)8-10-17;/h7-13,15H,5-6,14H2,1-4H3,(H2,24,25,27);1H. The van der Waals surface area contributed by atoms with Crippen molar-refractivity contribution < 1.29 is 13.9 Å². The molecule has 0 saturated carbocycles. The maximum Gasteiger partial charge on any atom is 0.226 e. The molecule has 2 aromatic carbocycles. The van der Waals surface area contributed by atoms with Crippen molar-refractivity contribution in [3.63, 3.8) is 0 Å². The maximum atomic E-state index is 5.62. The molecule has 8 heteroatoms. The van der Waals surface area contributed by atoms with Gasteiger partial charge in [-0.1, -0.05) is 17.7 Å². The first-order valence-corrected chi connectivity index (χ1v) is 10.0. The number of nitrogens with zero attached hydrogens (tertiary/aromatic N) is 2. The van der Waals surface area contributed by atoms with Crippen LogP contribution < -0.4 is 20.1 Å². The summed E-state index contributed by atoms with van der Waals surface area (Å²) in [6.07, 6.45) is 1.64. The van der Waals surface area contributed by atoms with Crippen LogP contribution in [0.25, 0.3) is 11.5 Å². The molecule has 0 atom stereocenters. The number of aliphatic imine (C=N–C) groups is 1. The lowest BCUT2D eigenvalue weighted by atomic mass is 10.1. The summed E-state index contributed by atoms with van der Waals surface area (Å²) in [7, 11) is 1.62. The van der Waals surface area contributed by atoms with Crippen molar-refractivity contribution in [2.75, 3.05) is 25.6 Å². The average molecular weight is 536 g/mol. The van der Waals surface area contributed by atoms with Gasteiger partial charge < -0.3 is 24.5 Å². The monoisotopic (exact) mass is 536 g/mol. The second-order valence-corrected chi connectivity index (χ2v) is 6.63. The van der Waals surface area contributed by atoms with E-state index in [1.165, 1.54) is 5.56 Å². The number of oxazole rings is 1. The molecule has 1 heterocycles. The van der Waals surface area contributed by atoms with Crippen LogP contribution in [-0.2, 0) is 6.54 Å². The minimum atomic E-state index is 0. The van der Waals surface area contributed by atoms with E-state index in [1.54, 1.807) is 13.4 Å². The van der Waals surface area contributed by atoms with Crippen LogP contribution in [0.3, 0.4) is 0 Å². The Morgan fingerprint density at radius 3 is 2.55 bits per heavy atom. The Morgan fingerprint density at radius 2 is 1.87 bits per heavy atom. The van der Waals surface area contributed by atoms with Crippen molar-refractivity contribution in [1.82, 2.24) is 10.3 Å². The number of guanidine groups is 1. The SMILES string of the molecule is CCNC(=NCc1coc(-c2ccc(C)cc2)n1)Nc1ccc(OCC)c(OC)c1.I. The van der Waals surface area contributed by atoms with Crippen LogP contribution in [0.5, 0.6) is 11.5 Å². The van der Waals surface area contributed by atoms with Crippen LogP contribution in [-0.4, -0.2) is 31.2 Å². The second-order valence-electron chi connectivity index (χ2n) is 6.63. The van der Waals surface area contributed by atoms with E-state index in [4.69, 9.17) is 13.9 Å². The number of aryl methyl sites for hydroxylation is 1. The van der Waals surface area contributed by atoms with Crippen molar-refractivity contribution >= 4 is 35.6 Å². The van der Waals surface area contributed by atoms with Crippen LogP contribution >= 0.6 is 24.0 Å². The molecular weight excluding hydrogens is 507 g/mol. The van der Waals surface area contributed by atoms with Crippen molar-refractivity contribution in [3.8, 4) is 23.0 Å². The lowest BCUT2D eigenvalue weighted by molar-refractivity contribution is 0.311. The molecule has 3 rings (SSSR count). The van der Waals surface area contributed by atoms with Gasteiger partial charge in [0.2, 0.25) is 5.89 Å². The van der Waals surface area contributed by atoms with Crippen molar-refractivity contribution in [1.29, 1.82) is 0 Å². The molecule has 0 fully saturated rings. The summed E-state index contributed by atoms with van der Waals surface area (Å²) < 4.78 is 16.6. The zero-order valence-electron chi connectivity index (χ0n) is 18.3. The maximum absolute atomic E-state index is 5.62. The molecule has 31 heavy (non-hydrogen) atoms. The van der Waals surface area contributed by atoms with Gasteiger partial charge in [-0.3, -0.25) is 0 Å². The van der Waals surface area contributed by atoms with Crippen LogP contribution in [0.1, 0.15) is 25.1 Å². The Balaban J connectivity index is 0.00000341. The van der Waals surface area contributed by atoms with E-state index >= 15 is 0 Å². The third-order valence-corrected chi connectivity index (χ3v) is 4.32. The number of hydrogen-bond acceptors (Lipinski definition) is 5. The summed E-state index contributed by atoms with van der Waals surface area (Å²) >= 11 is 0. The Kier molecular flexibility index (Phi) is 9.64. The summed E-state index contributed by atoms with van der Waals surface area (Å²) in [6.45, 7) is 7.70. The van der Waals surface area contributed by atoms with Gasteiger partial charge >= 0.3 is 0 Å². The Morgan fingerprint density at radius 1 is 1.10 bits per heavy atom.